The Morgan fingerprint density at radius 2 is 1.75 bits per heavy atom. The lowest BCUT2D eigenvalue weighted by Crippen LogP contribution is -2.38. The minimum Gasteiger partial charge on any atom is -0.388 e. The summed E-state index contributed by atoms with van der Waals surface area (Å²) in [5.41, 5.74) is 0.828. The summed E-state index contributed by atoms with van der Waals surface area (Å²) in [6.45, 7) is 7.45. The van der Waals surface area contributed by atoms with Crippen LogP contribution in [0.1, 0.15) is 51.7 Å². The van der Waals surface area contributed by atoms with Crippen molar-refractivity contribution in [2.75, 3.05) is 13.1 Å². The molecule has 0 spiro atoms. The third kappa shape index (κ3) is 4.34. The second kappa shape index (κ2) is 8.75. The lowest BCUT2D eigenvalue weighted by Gasteiger charge is -2.28. The molecule has 0 heterocycles. The van der Waals surface area contributed by atoms with Gasteiger partial charge in [-0.3, -0.25) is 4.79 Å². The van der Waals surface area contributed by atoms with Gasteiger partial charge in [0.25, 0.3) is 0 Å². The molecule has 0 aliphatic heterocycles. The summed E-state index contributed by atoms with van der Waals surface area (Å²) in [5.74, 6) is -0.267. The number of benzene rings is 1. The topological polar surface area (TPSA) is 40.5 Å². The smallest absolute Gasteiger partial charge is 0.228 e. The molecule has 3 nitrogen and oxygen atoms in total. The highest BCUT2D eigenvalue weighted by molar-refractivity contribution is 5.79. The van der Waals surface area contributed by atoms with Crippen LogP contribution in [0.2, 0.25) is 0 Å². The summed E-state index contributed by atoms with van der Waals surface area (Å²) >= 11 is 0. The van der Waals surface area contributed by atoms with Gasteiger partial charge in [0, 0.05) is 13.1 Å². The maximum atomic E-state index is 12.6. The number of nitrogens with zero attached hydrogens (tertiary/aromatic N) is 1. The lowest BCUT2D eigenvalue weighted by atomic mass is 9.90. The second-order valence-electron chi connectivity index (χ2n) is 5.11. The first-order valence-corrected chi connectivity index (χ1v) is 7.67. The van der Waals surface area contributed by atoms with Crippen molar-refractivity contribution in [3.63, 3.8) is 0 Å². The van der Waals surface area contributed by atoms with Crippen molar-refractivity contribution in [1.29, 1.82) is 0 Å². The van der Waals surface area contributed by atoms with Crippen molar-refractivity contribution in [3.05, 3.63) is 35.9 Å². The van der Waals surface area contributed by atoms with Crippen LogP contribution in [0, 0.1) is 5.92 Å². The van der Waals surface area contributed by atoms with Crippen molar-refractivity contribution in [1.82, 2.24) is 4.90 Å². The van der Waals surface area contributed by atoms with Crippen LogP contribution in [0.15, 0.2) is 30.3 Å². The fraction of sp³-hybridized carbons (Fsp3) is 0.588. The predicted molar refractivity (Wildman–Crippen MR) is 82.3 cm³/mol. The molecule has 0 aliphatic carbocycles. The van der Waals surface area contributed by atoms with Crippen LogP contribution >= 0.6 is 0 Å². The summed E-state index contributed by atoms with van der Waals surface area (Å²) in [4.78, 5) is 14.4. The number of aliphatic hydroxyl groups is 1. The predicted octanol–water partition coefficient (Wildman–Crippen LogP) is 3.39. The van der Waals surface area contributed by atoms with E-state index in [0.717, 1.165) is 24.8 Å². The van der Waals surface area contributed by atoms with Crippen LogP contribution in [-0.2, 0) is 4.79 Å². The zero-order chi connectivity index (χ0) is 15.0. The molecular weight excluding hydrogens is 250 g/mol. The van der Waals surface area contributed by atoms with Crippen molar-refractivity contribution in [3.8, 4) is 0 Å². The first kappa shape index (κ1) is 16.7. The fourth-order valence-corrected chi connectivity index (χ4v) is 2.49. The summed E-state index contributed by atoms with van der Waals surface area (Å²) in [6, 6.07) is 9.50. The minimum atomic E-state index is -0.712. The lowest BCUT2D eigenvalue weighted by molar-refractivity contribution is -0.139. The van der Waals surface area contributed by atoms with E-state index in [4.69, 9.17) is 0 Å². The number of unbranched alkanes of at least 4 members (excludes halogenated alkanes) is 1. The fourth-order valence-electron chi connectivity index (χ4n) is 2.49. The number of hydrogen-bond acceptors (Lipinski definition) is 2. The molecule has 0 fully saturated rings. The quantitative estimate of drug-likeness (QED) is 0.791. The van der Waals surface area contributed by atoms with Gasteiger partial charge in [0.15, 0.2) is 0 Å². The molecule has 0 saturated carbocycles. The largest absolute Gasteiger partial charge is 0.388 e. The first-order chi connectivity index (χ1) is 9.65. The average molecular weight is 277 g/mol. The molecule has 2 atom stereocenters. The molecule has 1 aromatic carbocycles. The molecule has 0 saturated heterocycles. The van der Waals surface area contributed by atoms with Crippen LogP contribution < -0.4 is 0 Å². The van der Waals surface area contributed by atoms with Gasteiger partial charge >= 0.3 is 0 Å². The standard InChI is InChI=1S/C17H27NO2/c1-4-7-13-15(17(20)18(5-2)6-3)16(19)14-11-9-8-10-12-14/h8-12,15-16,19H,4-7,13H2,1-3H3/t15-,16+/m1/s1. The third-order valence-corrected chi connectivity index (χ3v) is 3.78. The van der Waals surface area contributed by atoms with E-state index in [2.05, 4.69) is 6.92 Å². The zero-order valence-corrected chi connectivity index (χ0v) is 12.9. The molecule has 20 heavy (non-hydrogen) atoms. The molecule has 1 rings (SSSR count). The molecule has 0 bridgehead atoms. The van der Waals surface area contributed by atoms with Gasteiger partial charge in [0.2, 0.25) is 5.91 Å². The number of aliphatic hydroxyl groups excluding tert-OH is 1. The maximum absolute atomic E-state index is 12.6. The van der Waals surface area contributed by atoms with Gasteiger partial charge in [0.05, 0.1) is 12.0 Å². The summed E-state index contributed by atoms with van der Waals surface area (Å²) in [7, 11) is 0. The van der Waals surface area contributed by atoms with E-state index < -0.39 is 6.10 Å². The minimum absolute atomic E-state index is 0.0693. The van der Waals surface area contributed by atoms with E-state index in [-0.39, 0.29) is 11.8 Å². The van der Waals surface area contributed by atoms with E-state index in [1.54, 1.807) is 0 Å². The molecular formula is C17H27NO2. The zero-order valence-electron chi connectivity index (χ0n) is 12.9. The normalized spacial score (nSPS) is 13.8. The number of amides is 1. The molecule has 0 unspecified atom stereocenters. The molecule has 1 N–H and O–H groups in total. The Bertz CT molecular complexity index is 387. The second-order valence-corrected chi connectivity index (χ2v) is 5.11. The van der Waals surface area contributed by atoms with E-state index >= 15 is 0 Å². The third-order valence-electron chi connectivity index (χ3n) is 3.78. The van der Waals surface area contributed by atoms with Gasteiger partial charge in [-0.1, -0.05) is 50.1 Å². The number of carbonyl (C=O) groups is 1. The van der Waals surface area contributed by atoms with Crippen LogP contribution in [0.25, 0.3) is 0 Å². The van der Waals surface area contributed by atoms with Crippen LogP contribution in [0.3, 0.4) is 0 Å². The first-order valence-electron chi connectivity index (χ1n) is 7.67. The van der Waals surface area contributed by atoms with E-state index in [1.807, 2.05) is 49.1 Å². The maximum Gasteiger partial charge on any atom is 0.228 e. The number of rotatable bonds is 8. The highest BCUT2D eigenvalue weighted by atomic mass is 16.3. The summed E-state index contributed by atoms with van der Waals surface area (Å²) in [6.07, 6.45) is 2.02. The SMILES string of the molecule is CCCC[C@@H](C(=O)N(CC)CC)[C@@H](O)c1ccccc1. The molecule has 112 valence electrons. The Balaban J connectivity index is 2.90. The molecule has 0 aliphatic rings. The van der Waals surface area contributed by atoms with Gasteiger partial charge in [0.1, 0.15) is 0 Å². The van der Waals surface area contributed by atoms with Gasteiger partial charge in [-0.2, -0.15) is 0 Å². The van der Waals surface area contributed by atoms with Crippen molar-refractivity contribution >= 4 is 5.91 Å². The Morgan fingerprint density at radius 1 is 1.15 bits per heavy atom. The molecule has 1 amide bonds. The van der Waals surface area contributed by atoms with Gasteiger partial charge in [-0.15, -0.1) is 0 Å². The Kier molecular flexibility index (Phi) is 7.31. The molecule has 0 aromatic heterocycles. The number of hydrogen-bond donors (Lipinski definition) is 1. The van der Waals surface area contributed by atoms with Gasteiger partial charge in [-0.25, -0.2) is 0 Å². The van der Waals surface area contributed by atoms with Crippen molar-refractivity contribution < 1.29 is 9.90 Å². The Hall–Kier alpha value is -1.35. The summed E-state index contributed by atoms with van der Waals surface area (Å²) < 4.78 is 0. The van der Waals surface area contributed by atoms with Gasteiger partial charge < -0.3 is 10.0 Å². The number of carbonyl (C=O) groups excluding carboxylic acids is 1. The molecule has 3 heteroatoms. The van der Waals surface area contributed by atoms with Crippen molar-refractivity contribution in [2.45, 2.75) is 46.1 Å². The highest BCUT2D eigenvalue weighted by Crippen LogP contribution is 2.28. The monoisotopic (exact) mass is 277 g/mol. The average Bonchev–Trinajstić information content (AvgIpc) is 2.49. The Labute approximate surface area is 122 Å². The Morgan fingerprint density at radius 3 is 2.25 bits per heavy atom. The van der Waals surface area contributed by atoms with Gasteiger partial charge in [-0.05, 0) is 25.8 Å². The van der Waals surface area contributed by atoms with Crippen LogP contribution in [0.5, 0.6) is 0 Å². The molecule has 1 aromatic rings. The van der Waals surface area contributed by atoms with E-state index in [9.17, 15) is 9.90 Å². The van der Waals surface area contributed by atoms with Crippen LogP contribution in [-0.4, -0.2) is 29.0 Å². The van der Waals surface area contributed by atoms with E-state index in [0.29, 0.717) is 13.1 Å². The van der Waals surface area contributed by atoms with E-state index in [1.165, 1.54) is 0 Å². The van der Waals surface area contributed by atoms with Crippen LogP contribution in [0.4, 0.5) is 0 Å². The summed E-state index contributed by atoms with van der Waals surface area (Å²) in [5, 5.41) is 10.6. The highest BCUT2D eigenvalue weighted by Gasteiger charge is 2.29. The molecule has 0 radical (unpaired) electrons. The van der Waals surface area contributed by atoms with Crippen molar-refractivity contribution in [2.24, 2.45) is 5.92 Å².